The molecule has 2 rings (SSSR count). The number of fused-ring (bicyclic) bond motifs is 1. The van der Waals surface area contributed by atoms with Crippen LogP contribution in [0.25, 0.3) is 0 Å². The van der Waals surface area contributed by atoms with Crippen molar-refractivity contribution in [2.24, 2.45) is 23.0 Å². The van der Waals surface area contributed by atoms with Crippen LogP contribution in [0.15, 0.2) is 5.29 Å². The molecule has 16 heavy (non-hydrogen) atoms. The summed E-state index contributed by atoms with van der Waals surface area (Å²) in [6.45, 7) is 0. The second-order valence-corrected chi connectivity index (χ2v) is 4.83. The molecule has 90 valence electrons. The van der Waals surface area contributed by atoms with Crippen molar-refractivity contribution in [2.75, 3.05) is 14.2 Å². The summed E-state index contributed by atoms with van der Waals surface area (Å²) in [5, 5.41) is 4.51. The lowest BCUT2D eigenvalue weighted by molar-refractivity contribution is -0.155. The van der Waals surface area contributed by atoms with Gasteiger partial charge in [0.1, 0.15) is 0 Å². The van der Waals surface area contributed by atoms with Crippen LogP contribution in [-0.2, 0) is 9.53 Å². The van der Waals surface area contributed by atoms with Crippen molar-refractivity contribution >= 4 is 5.97 Å². The maximum absolute atomic E-state index is 11.6. The van der Waals surface area contributed by atoms with Crippen molar-refractivity contribution in [1.82, 2.24) is 5.01 Å². The van der Waals surface area contributed by atoms with Gasteiger partial charge in [-0.05, 0) is 37.5 Å². The van der Waals surface area contributed by atoms with Gasteiger partial charge < -0.3 is 4.74 Å². The van der Waals surface area contributed by atoms with Gasteiger partial charge in [-0.25, -0.2) is 0 Å². The standard InChI is InChI=1S/C11H18N2O3/c1-13(12-15)10-6-5-9(11(14)16-2)7-3-4-8(7)10/h7-10H,3-6H2,1-2H3. The summed E-state index contributed by atoms with van der Waals surface area (Å²) in [7, 11) is 3.17. The smallest absolute Gasteiger partial charge is 0.308 e. The van der Waals surface area contributed by atoms with Crippen molar-refractivity contribution in [2.45, 2.75) is 31.7 Å². The molecule has 0 aromatic carbocycles. The molecule has 4 unspecified atom stereocenters. The highest BCUT2D eigenvalue weighted by molar-refractivity contribution is 5.73. The minimum absolute atomic E-state index is 0.0417. The van der Waals surface area contributed by atoms with Crippen LogP contribution in [0.5, 0.6) is 0 Å². The highest BCUT2D eigenvalue weighted by Gasteiger charge is 2.49. The Bertz CT molecular complexity index is 295. The van der Waals surface area contributed by atoms with E-state index in [2.05, 4.69) is 5.29 Å². The van der Waals surface area contributed by atoms with Crippen molar-refractivity contribution in [3.8, 4) is 0 Å². The maximum atomic E-state index is 11.6. The van der Waals surface area contributed by atoms with Crippen LogP contribution in [0.2, 0.25) is 0 Å². The predicted octanol–water partition coefficient (Wildman–Crippen LogP) is 1.58. The van der Waals surface area contributed by atoms with Gasteiger partial charge >= 0.3 is 5.97 Å². The molecule has 2 saturated carbocycles. The Morgan fingerprint density at radius 3 is 2.44 bits per heavy atom. The first-order valence-corrected chi connectivity index (χ1v) is 5.83. The number of carbonyl (C=O) groups excluding carboxylic acids is 1. The van der Waals surface area contributed by atoms with E-state index in [1.54, 1.807) is 7.05 Å². The third-order valence-corrected chi connectivity index (χ3v) is 4.28. The summed E-state index contributed by atoms with van der Waals surface area (Å²) in [5.74, 6) is 0.797. The van der Waals surface area contributed by atoms with E-state index in [-0.39, 0.29) is 17.9 Å². The zero-order valence-electron chi connectivity index (χ0n) is 9.76. The van der Waals surface area contributed by atoms with Crippen molar-refractivity contribution < 1.29 is 9.53 Å². The number of carbonyl (C=O) groups is 1. The first-order chi connectivity index (χ1) is 7.69. The van der Waals surface area contributed by atoms with E-state index in [9.17, 15) is 9.70 Å². The van der Waals surface area contributed by atoms with Gasteiger partial charge in [0.15, 0.2) is 0 Å². The van der Waals surface area contributed by atoms with E-state index < -0.39 is 0 Å². The fraction of sp³-hybridized carbons (Fsp3) is 0.909. The molecule has 5 nitrogen and oxygen atoms in total. The maximum Gasteiger partial charge on any atom is 0.308 e. The summed E-state index contributed by atoms with van der Waals surface area (Å²) in [4.78, 5) is 22.1. The van der Waals surface area contributed by atoms with Gasteiger partial charge in [0.25, 0.3) is 0 Å². The van der Waals surface area contributed by atoms with Crippen molar-refractivity contribution in [3.63, 3.8) is 0 Å². The number of hydrogen-bond acceptors (Lipinski definition) is 4. The fourth-order valence-electron chi connectivity index (χ4n) is 3.28. The Morgan fingerprint density at radius 1 is 1.25 bits per heavy atom. The summed E-state index contributed by atoms with van der Waals surface area (Å²) < 4.78 is 4.83. The van der Waals surface area contributed by atoms with E-state index in [1.165, 1.54) is 12.1 Å². The third-order valence-electron chi connectivity index (χ3n) is 4.28. The van der Waals surface area contributed by atoms with E-state index in [0.29, 0.717) is 11.8 Å². The molecule has 4 atom stereocenters. The molecule has 5 heteroatoms. The van der Waals surface area contributed by atoms with Gasteiger partial charge in [-0.1, -0.05) is 0 Å². The summed E-state index contributed by atoms with van der Waals surface area (Å²) in [6.07, 6.45) is 3.86. The monoisotopic (exact) mass is 226 g/mol. The quantitative estimate of drug-likeness (QED) is 0.416. The van der Waals surface area contributed by atoms with Gasteiger partial charge in [0, 0.05) is 7.05 Å². The molecular formula is C11H18N2O3. The summed E-state index contributed by atoms with van der Waals surface area (Å²) in [5.41, 5.74) is 0. The van der Waals surface area contributed by atoms with Crippen LogP contribution in [0.4, 0.5) is 0 Å². The molecule has 2 fully saturated rings. The minimum Gasteiger partial charge on any atom is -0.469 e. The number of esters is 1. The average Bonchev–Trinajstić information content (AvgIpc) is 2.27. The largest absolute Gasteiger partial charge is 0.469 e. The minimum atomic E-state index is -0.0881. The zero-order valence-corrected chi connectivity index (χ0v) is 9.76. The van der Waals surface area contributed by atoms with Crippen LogP contribution >= 0.6 is 0 Å². The predicted molar refractivity (Wildman–Crippen MR) is 58.3 cm³/mol. The molecule has 2 aliphatic rings. The van der Waals surface area contributed by atoms with Gasteiger partial charge in [-0.15, -0.1) is 4.91 Å². The van der Waals surface area contributed by atoms with Gasteiger partial charge in [0.2, 0.25) is 0 Å². The molecule has 0 heterocycles. The molecule has 0 spiro atoms. The molecule has 0 N–H and O–H groups in total. The van der Waals surface area contributed by atoms with Crippen molar-refractivity contribution in [1.29, 1.82) is 0 Å². The Kier molecular flexibility index (Phi) is 3.12. The molecule has 0 radical (unpaired) electrons. The van der Waals surface area contributed by atoms with Crippen LogP contribution in [0.1, 0.15) is 25.7 Å². The number of rotatable bonds is 3. The number of nitroso groups, excluding NO2 is 1. The Hall–Kier alpha value is -1.13. The summed E-state index contributed by atoms with van der Waals surface area (Å²) >= 11 is 0. The number of ether oxygens (including phenoxy) is 1. The van der Waals surface area contributed by atoms with Crippen LogP contribution in [0, 0.1) is 22.7 Å². The number of methoxy groups -OCH3 is 1. The average molecular weight is 226 g/mol. The Morgan fingerprint density at radius 2 is 1.94 bits per heavy atom. The zero-order chi connectivity index (χ0) is 11.7. The number of nitrogens with zero attached hydrogens (tertiary/aromatic N) is 2. The normalized spacial score (nSPS) is 36.9. The molecule has 0 aromatic heterocycles. The van der Waals surface area contributed by atoms with Crippen LogP contribution < -0.4 is 0 Å². The first-order valence-electron chi connectivity index (χ1n) is 5.83. The summed E-state index contributed by atoms with van der Waals surface area (Å²) in [6, 6.07) is 0.220. The van der Waals surface area contributed by atoms with Gasteiger partial charge in [-0.3, -0.25) is 9.80 Å². The van der Waals surface area contributed by atoms with Gasteiger partial charge in [0.05, 0.1) is 24.4 Å². The number of hydrogen-bond donors (Lipinski definition) is 0. The molecule has 0 saturated heterocycles. The van der Waals surface area contributed by atoms with Crippen LogP contribution in [-0.4, -0.2) is 31.2 Å². The van der Waals surface area contributed by atoms with Crippen LogP contribution in [0.3, 0.4) is 0 Å². The van der Waals surface area contributed by atoms with E-state index in [1.807, 2.05) is 0 Å². The Balaban J connectivity index is 2.04. The second-order valence-electron chi connectivity index (χ2n) is 4.83. The lowest BCUT2D eigenvalue weighted by Gasteiger charge is -2.50. The molecule has 0 bridgehead atoms. The topological polar surface area (TPSA) is 59.0 Å². The van der Waals surface area contributed by atoms with E-state index in [4.69, 9.17) is 4.74 Å². The highest BCUT2D eigenvalue weighted by Crippen LogP contribution is 2.49. The van der Waals surface area contributed by atoms with Crippen molar-refractivity contribution in [3.05, 3.63) is 4.91 Å². The first kappa shape index (κ1) is 11.4. The lowest BCUT2D eigenvalue weighted by atomic mass is 9.58. The lowest BCUT2D eigenvalue weighted by Crippen LogP contribution is -2.51. The van der Waals surface area contributed by atoms with E-state index in [0.717, 1.165) is 25.7 Å². The second kappa shape index (κ2) is 4.39. The highest BCUT2D eigenvalue weighted by atomic mass is 16.5. The fourth-order valence-corrected chi connectivity index (χ4v) is 3.28. The molecule has 2 aliphatic carbocycles. The molecular weight excluding hydrogens is 208 g/mol. The van der Waals surface area contributed by atoms with Gasteiger partial charge in [-0.2, -0.15) is 0 Å². The third kappa shape index (κ3) is 1.68. The Labute approximate surface area is 95.1 Å². The molecule has 0 aromatic rings. The van der Waals surface area contributed by atoms with E-state index >= 15 is 0 Å². The SMILES string of the molecule is COC(=O)C1CCC(N(C)N=O)C2CCC12. The molecule has 0 aliphatic heterocycles. The molecule has 0 amide bonds.